The van der Waals surface area contributed by atoms with Crippen LogP contribution in [-0.2, 0) is 21.7 Å². The lowest BCUT2D eigenvalue weighted by Gasteiger charge is -2.29. The van der Waals surface area contributed by atoms with Gasteiger partial charge in [0.2, 0.25) is 0 Å². The first-order valence-corrected chi connectivity index (χ1v) is 17.1. The second kappa shape index (κ2) is 13.3. The van der Waals surface area contributed by atoms with Crippen molar-refractivity contribution in [2.75, 3.05) is 34.5 Å². The zero-order chi connectivity index (χ0) is 27.4. The standard InChI is InChI=1S/C30H46S6/c1-27(2,17-31)21-11-22(28(3,4)18-32)14-25(13-21)35-9-10-36-26-15-23(29(5,6)19-33)12-24(16-26)30(7,8)20-34/h11-16,31-34H,9-10,17-20H2,1-8H3. The summed E-state index contributed by atoms with van der Waals surface area (Å²) in [4.78, 5) is 2.68. The predicted octanol–water partition coefficient (Wildman–Crippen LogP) is 9.40. The molecule has 0 bridgehead atoms. The number of hydrogen-bond donors (Lipinski definition) is 4. The van der Waals surface area contributed by atoms with Gasteiger partial charge in [0.25, 0.3) is 0 Å². The molecular weight excluding hydrogens is 553 g/mol. The molecule has 0 aliphatic carbocycles. The lowest BCUT2D eigenvalue weighted by Crippen LogP contribution is -2.23. The molecule has 0 saturated heterocycles. The van der Waals surface area contributed by atoms with E-state index in [2.05, 4.69) is 142 Å². The average Bonchev–Trinajstić information content (AvgIpc) is 2.86. The van der Waals surface area contributed by atoms with Gasteiger partial charge in [0.1, 0.15) is 0 Å². The van der Waals surface area contributed by atoms with Gasteiger partial charge in [-0.05, 0) is 91.2 Å². The smallest absolute Gasteiger partial charge is 0.00781 e. The van der Waals surface area contributed by atoms with E-state index in [0.717, 1.165) is 34.5 Å². The summed E-state index contributed by atoms with van der Waals surface area (Å²) in [6.45, 7) is 18.2. The average molecular weight is 599 g/mol. The SMILES string of the molecule is CC(C)(CS)c1cc(SCCSc2cc(C(C)(C)CS)cc(C(C)(C)CS)c2)cc(C(C)(C)CS)c1. The van der Waals surface area contributed by atoms with Gasteiger partial charge in [0, 0.05) is 21.3 Å². The van der Waals surface area contributed by atoms with Crippen LogP contribution in [0.3, 0.4) is 0 Å². The highest BCUT2D eigenvalue weighted by atomic mass is 32.2. The van der Waals surface area contributed by atoms with E-state index < -0.39 is 0 Å². The van der Waals surface area contributed by atoms with Gasteiger partial charge >= 0.3 is 0 Å². The summed E-state index contributed by atoms with van der Waals surface area (Å²) in [6.07, 6.45) is 0. The van der Waals surface area contributed by atoms with E-state index in [1.165, 1.54) is 32.0 Å². The maximum Gasteiger partial charge on any atom is 0.00781 e. The van der Waals surface area contributed by atoms with Gasteiger partial charge in [-0.15, -0.1) is 23.5 Å². The minimum atomic E-state index is 0.0340. The van der Waals surface area contributed by atoms with Crippen molar-refractivity contribution >= 4 is 74.0 Å². The number of rotatable bonds is 13. The molecule has 0 spiro atoms. The number of benzene rings is 2. The highest BCUT2D eigenvalue weighted by Crippen LogP contribution is 2.37. The van der Waals surface area contributed by atoms with Crippen molar-refractivity contribution in [3.05, 3.63) is 58.7 Å². The fourth-order valence-corrected chi connectivity index (χ4v) is 6.32. The quantitative estimate of drug-likeness (QED) is 0.103. The van der Waals surface area contributed by atoms with E-state index in [0.29, 0.717) is 0 Å². The van der Waals surface area contributed by atoms with E-state index in [4.69, 9.17) is 0 Å². The van der Waals surface area contributed by atoms with Crippen LogP contribution in [0.2, 0.25) is 0 Å². The van der Waals surface area contributed by atoms with Crippen molar-refractivity contribution in [1.29, 1.82) is 0 Å². The van der Waals surface area contributed by atoms with E-state index >= 15 is 0 Å². The van der Waals surface area contributed by atoms with E-state index in [-0.39, 0.29) is 21.7 Å². The summed E-state index contributed by atoms with van der Waals surface area (Å²) in [7, 11) is 0. The Kier molecular flexibility index (Phi) is 12.1. The van der Waals surface area contributed by atoms with E-state index in [1.54, 1.807) is 0 Å². The molecule has 6 heteroatoms. The maximum absolute atomic E-state index is 4.64. The first kappa shape index (κ1) is 32.8. The normalized spacial score (nSPS) is 13.3. The molecule has 0 unspecified atom stereocenters. The molecule has 0 nitrogen and oxygen atoms in total. The molecule has 0 amide bonds. The van der Waals surface area contributed by atoms with Crippen LogP contribution in [0.4, 0.5) is 0 Å². The molecule has 0 radical (unpaired) electrons. The largest absolute Gasteiger partial charge is 0.178 e. The van der Waals surface area contributed by atoms with Crippen LogP contribution in [0.25, 0.3) is 0 Å². The monoisotopic (exact) mass is 598 g/mol. The first-order valence-electron chi connectivity index (χ1n) is 12.6. The van der Waals surface area contributed by atoms with Crippen molar-refractivity contribution in [2.45, 2.75) is 86.8 Å². The van der Waals surface area contributed by atoms with Crippen molar-refractivity contribution in [3.8, 4) is 0 Å². The summed E-state index contributed by atoms with van der Waals surface area (Å²) in [5, 5.41) is 0. The number of hydrogen-bond acceptors (Lipinski definition) is 6. The maximum atomic E-state index is 4.64. The van der Waals surface area contributed by atoms with Gasteiger partial charge in [0.05, 0.1) is 0 Å². The molecule has 0 aliphatic rings. The van der Waals surface area contributed by atoms with Crippen molar-refractivity contribution < 1.29 is 0 Å². The van der Waals surface area contributed by atoms with Gasteiger partial charge in [-0.3, -0.25) is 0 Å². The fourth-order valence-electron chi connectivity index (χ4n) is 3.61. The van der Waals surface area contributed by atoms with E-state index in [9.17, 15) is 0 Å². The summed E-state index contributed by atoms with van der Waals surface area (Å²) >= 11 is 22.5. The molecule has 0 fully saturated rings. The van der Waals surface area contributed by atoms with Crippen LogP contribution in [0.5, 0.6) is 0 Å². The first-order chi connectivity index (χ1) is 16.6. The summed E-state index contributed by atoms with van der Waals surface area (Å²) in [6, 6.07) is 14.2. The Morgan fingerprint density at radius 3 is 0.861 bits per heavy atom. The van der Waals surface area contributed by atoms with Crippen LogP contribution >= 0.6 is 74.0 Å². The third-order valence-electron chi connectivity index (χ3n) is 7.14. The van der Waals surface area contributed by atoms with Crippen LogP contribution in [0, 0.1) is 0 Å². The van der Waals surface area contributed by atoms with E-state index in [1.807, 2.05) is 23.5 Å². The summed E-state index contributed by atoms with van der Waals surface area (Å²) in [5.74, 6) is 5.40. The number of thioether (sulfide) groups is 2. The minimum Gasteiger partial charge on any atom is -0.178 e. The highest BCUT2D eigenvalue weighted by molar-refractivity contribution is 8.03. The van der Waals surface area contributed by atoms with Crippen molar-refractivity contribution in [2.24, 2.45) is 0 Å². The molecule has 202 valence electrons. The fraction of sp³-hybridized carbons (Fsp3) is 0.600. The molecule has 0 aromatic heterocycles. The lowest BCUT2D eigenvalue weighted by atomic mass is 9.80. The third-order valence-corrected chi connectivity index (χ3v) is 12.5. The topological polar surface area (TPSA) is 0 Å². The summed E-state index contributed by atoms with van der Waals surface area (Å²) < 4.78 is 0. The molecule has 0 heterocycles. The zero-order valence-electron chi connectivity index (χ0n) is 23.3. The number of thiol groups is 4. The molecule has 36 heavy (non-hydrogen) atoms. The Labute approximate surface area is 252 Å². The molecule has 0 N–H and O–H groups in total. The molecule has 2 aromatic carbocycles. The van der Waals surface area contributed by atoms with Gasteiger partial charge in [-0.25, -0.2) is 0 Å². The highest BCUT2D eigenvalue weighted by Gasteiger charge is 2.26. The van der Waals surface area contributed by atoms with Crippen LogP contribution in [0.15, 0.2) is 46.2 Å². The minimum absolute atomic E-state index is 0.0340. The molecular formula is C30H46S6. The predicted molar refractivity (Wildman–Crippen MR) is 182 cm³/mol. The van der Waals surface area contributed by atoms with Gasteiger partial charge in [-0.1, -0.05) is 67.5 Å². The molecule has 2 aromatic rings. The van der Waals surface area contributed by atoms with Gasteiger partial charge in [-0.2, -0.15) is 50.5 Å². The molecule has 0 aliphatic heterocycles. The Morgan fingerprint density at radius 2 is 0.667 bits per heavy atom. The van der Waals surface area contributed by atoms with Crippen LogP contribution in [0.1, 0.15) is 77.6 Å². The van der Waals surface area contributed by atoms with Gasteiger partial charge < -0.3 is 0 Å². The Balaban J connectivity index is 2.25. The van der Waals surface area contributed by atoms with Gasteiger partial charge in [0.15, 0.2) is 0 Å². The Morgan fingerprint density at radius 1 is 0.444 bits per heavy atom. The van der Waals surface area contributed by atoms with Crippen molar-refractivity contribution in [3.63, 3.8) is 0 Å². The molecule has 0 saturated carbocycles. The molecule has 2 rings (SSSR count). The third kappa shape index (κ3) is 8.52. The second-order valence-electron chi connectivity index (χ2n) is 12.4. The second-order valence-corrected chi connectivity index (χ2v) is 16.0. The van der Waals surface area contributed by atoms with Crippen molar-refractivity contribution in [1.82, 2.24) is 0 Å². The molecule has 0 atom stereocenters. The Hall–Kier alpha value is 0.540. The lowest BCUT2D eigenvalue weighted by molar-refractivity contribution is 0.578. The zero-order valence-corrected chi connectivity index (χ0v) is 28.5. The summed E-state index contributed by atoms with van der Waals surface area (Å²) in [5.41, 5.74) is 5.58. The van der Waals surface area contributed by atoms with Crippen LogP contribution < -0.4 is 0 Å². The Bertz CT molecular complexity index is 856. The van der Waals surface area contributed by atoms with Crippen LogP contribution in [-0.4, -0.2) is 34.5 Å².